The van der Waals surface area contributed by atoms with Crippen molar-refractivity contribution in [2.24, 2.45) is 0 Å². The maximum Gasteiger partial charge on any atom is 0.133 e. The van der Waals surface area contributed by atoms with Crippen LogP contribution in [-0.4, -0.2) is 24.9 Å². The van der Waals surface area contributed by atoms with Gasteiger partial charge in [0.25, 0.3) is 0 Å². The summed E-state index contributed by atoms with van der Waals surface area (Å²) in [6, 6.07) is 0. The van der Waals surface area contributed by atoms with Crippen LogP contribution in [0.25, 0.3) is 0 Å². The zero-order valence-electron chi connectivity index (χ0n) is 9.08. The quantitative estimate of drug-likeness (QED) is 0.511. The predicted octanol–water partition coefficient (Wildman–Crippen LogP) is 2.60. The SMILES string of the molecule is C1=C[C@@]2(CO[C@@H]1CC1=CCCCC1)CO2. The molecule has 82 valence electrons. The molecule has 2 atom stereocenters. The molecule has 3 rings (SSSR count). The van der Waals surface area contributed by atoms with E-state index in [2.05, 4.69) is 18.2 Å². The highest BCUT2D eigenvalue weighted by Crippen LogP contribution is 2.34. The normalized spacial score (nSPS) is 39.2. The Bertz CT molecular complexity index is 300. The fourth-order valence-corrected chi connectivity index (χ4v) is 2.38. The van der Waals surface area contributed by atoms with E-state index < -0.39 is 0 Å². The monoisotopic (exact) mass is 206 g/mol. The molecule has 2 heterocycles. The van der Waals surface area contributed by atoms with Crippen molar-refractivity contribution in [1.29, 1.82) is 0 Å². The van der Waals surface area contributed by atoms with E-state index in [1.807, 2.05) is 0 Å². The molecule has 1 spiro atoms. The minimum Gasteiger partial charge on any atom is -0.370 e. The van der Waals surface area contributed by atoms with Gasteiger partial charge in [0.2, 0.25) is 0 Å². The van der Waals surface area contributed by atoms with Crippen molar-refractivity contribution < 1.29 is 9.47 Å². The van der Waals surface area contributed by atoms with Gasteiger partial charge in [-0.2, -0.15) is 0 Å². The lowest BCUT2D eigenvalue weighted by atomic mass is 9.94. The van der Waals surface area contributed by atoms with E-state index in [4.69, 9.17) is 9.47 Å². The molecular formula is C13H18O2. The average molecular weight is 206 g/mol. The smallest absolute Gasteiger partial charge is 0.133 e. The Labute approximate surface area is 90.9 Å². The summed E-state index contributed by atoms with van der Waals surface area (Å²) in [5, 5.41) is 0. The van der Waals surface area contributed by atoms with E-state index >= 15 is 0 Å². The van der Waals surface area contributed by atoms with Gasteiger partial charge in [-0.1, -0.05) is 17.7 Å². The Kier molecular flexibility index (Phi) is 2.41. The first kappa shape index (κ1) is 9.61. The Morgan fingerprint density at radius 1 is 1.33 bits per heavy atom. The highest BCUT2D eigenvalue weighted by atomic mass is 16.6. The summed E-state index contributed by atoms with van der Waals surface area (Å²) in [7, 11) is 0. The summed E-state index contributed by atoms with van der Waals surface area (Å²) >= 11 is 0. The van der Waals surface area contributed by atoms with Crippen molar-refractivity contribution in [3.63, 3.8) is 0 Å². The maximum absolute atomic E-state index is 5.81. The fraction of sp³-hybridized carbons (Fsp3) is 0.692. The Morgan fingerprint density at radius 2 is 2.27 bits per heavy atom. The fourth-order valence-electron chi connectivity index (χ4n) is 2.38. The molecule has 0 saturated carbocycles. The van der Waals surface area contributed by atoms with E-state index in [0.717, 1.165) is 19.6 Å². The van der Waals surface area contributed by atoms with Crippen LogP contribution in [0.2, 0.25) is 0 Å². The molecular weight excluding hydrogens is 188 g/mol. The molecule has 2 nitrogen and oxygen atoms in total. The first-order chi connectivity index (χ1) is 7.36. The summed E-state index contributed by atoms with van der Waals surface area (Å²) < 4.78 is 11.2. The molecule has 15 heavy (non-hydrogen) atoms. The third-order valence-electron chi connectivity index (χ3n) is 3.52. The van der Waals surface area contributed by atoms with Crippen molar-refractivity contribution in [2.45, 2.75) is 43.8 Å². The van der Waals surface area contributed by atoms with Crippen LogP contribution in [0.3, 0.4) is 0 Å². The average Bonchev–Trinajstić information content (AvgIpc) is 3.04. The van der Waals surface area contributed by atoms with Crippen molar-refractivity contribution in [3.05, 3.63) is 23.8 Å². The molecule has 2 heteroatoms. The lowest BCUT2D eigenvalue weighted by Crippen LogP contribution is -2.27. The van der Waals surface area contributed by atoms with Crippen LogP contribution in [-0.2, 0) is 9.47 Å². The number of epoxide rings is 1. The molecule has 2 aliphatic heterocycles. The van der Waals surface area contributed by atoms with Gasteiger partial charge in [-0.05, 0) is 38.2 Å². The second-order valence-corrected chi connectivity index (χ2v) is 4.87. The van der Waals surface area contributed by atoms with E-state index in [-0.39, 0.29) is 5.60 Å². The molecule has 0 N–H and O–H groups in total. The molecule has 3 aliphatic rings. The second-order valence-electron chi connectivity index (χ2n) is 4.87. The van der Waals surface area contributed by atoms with Crippen molar-refractivity contribution in [1.82, 2.24) is 0 Å². The molecule has 0 bridgehead atoms. The van der Waals surface area contributed by atoms with Crippen LogP contribution in [0.15, 0.2) is 23.8 Å². The molecule has 0 amide bonds. The van der Waals surface area contributed by atoms with E-state index in [1.54, 1.807) is 5.57 Å². The number of hydrogen-bond donors (Lipinski definition) is 0. The number of ether oxygens (including phenoxy) is 2. The van der Waals surface area contributed by atoms with Crippen molar-refractivity contribution in [2.75, 3.05) is 13.2 Å². The second kappa shape index (κ2) is 3.76. The van der Waals surface area contributed by atoms with Crippen molar-refractivity contribution in [3.8, 4) is 0 Å². The largest absolute Gasteiger partial charge is 0.370 e. The lowest BCUT2D eigenvalue weighted by Gasteiger charge is -2.23. The molecule has 1 fully saturated rings. The van der Waals surface area contributed by atoms with Gasteiger partial charge in [0, 0.05) is 0 Å². The summed E-state index contributed by atoms with van der Waals surface area (Å²) in [5.74, 6) is 0. The van der Waals surface area contributed by atoms with Crippen LogP contribution < -0.4 is 0 Å². The van der Waals surface area contributed by atoms with Gasteiger partial charge in [0.15, 0.2) is 0 Å². The first-order valence-electron chi connectivity index (χ1n) is 5.99. The van der Waals surface area contributed by atoms with Gasteiger partial charge >= 0.3 is 0 Å². The zero-order chi connectivity index (χ0) is 10.1. The Hall–Kier alpha value is -0.600. The van der Waals surface area contributed by atoms with Crippen LogP contribution >= 0.6 is 0 Å². The third-order valence-corrected chi connectivity index (χ3v) is 3.52. The van der Waals surface area contributed by atoms with Gasteiger partial charge in [0.1, 0.15) is 5.60 Å². The summed E-state index contributed by atoms with van der Waals surface area (Å²) in [5.41, 5.74) is 1.57. The molecule has 0 aromatic carbocycles. The highest BCUT2D eigenvalue weighted by Gasteiger charge is 2.44. The third kappa shape index (κ3) is 2.16. The minimum atomic E-state index is -0.0164. The van der Waals surface area contributed by atoms with Crippen LogP contribution in [0, 0.1) is 0 Å². The van der Waals surface area contributed by atoms with Crippen LogP contribution in [0.1, 0.15) is 32.1 Å². The van der Waals surface area contributed by atoms with Gasteiger partial charge in [-0.25, -0.2) is 0 Å². The number of rotatable bonds is 2. The molecule has 0 radical (unpaired) electrons. The van der Waals surface area contributed by atoms with Crippen LogP contribution in [0.4, 0.5) is 0 Å². The number of allylic oxidation sites excluding steroid dienone is 1. The summed E-state index contributed by atoms with van der Waals surface area (Å²) in [6.45, 7) is 1.60. The van der Waals surface area contributed by atoms with Crippen molar-refractivity contribution >= 4 is 0 Å². The number of hydrogen-bond acceptors (Lipinski definition) is 2. The van der Waals surface area contributed by atoms with Gasteiger partial charge in [0.05, 0.1) is 19.3 Å². The van der Waals surface area contributed by atoms with Crippen LogP contribution in [0.5, 0.6) is 0 Å². The molecule has 1 saturated heterocycles. The predicted molar refractivity (Wildman–Crippen MR) is 58.7 cm³/mol. The topological polar surface area (TPSA) is 21.8 Å². The van der Waals surface area contributed by atoms with E-state index in [9.17, 15) is 0 Å². The van der Waals surface area contributed by atoms with Gasteiger partial charge < -0.3 is 9.47 Å². The minimum absolute atomic E-state index is 0.0164. The van der Waals surface area contributed by atoms with Gasteiger partial charge in [-0.3, -0.25) is 0 Å². The molecule has 0 aromatic heterocycles. The zero-order valence-corrected chi connectivity index (χ0v) is 9.08. The summed E-state index contributed by atoms with van der Waals surface area (Å²) in [4.78, 5) is 0. The first-order valence-corrected chi connectivity index (χ1v) is 5.99. The molecule has 0 unspecified atom stereocenters. The van der Waals surface area contributed by atoms with E-state index in [1.165, 1.54) is 25.7 Å². The summed E-state index contributed by atoms with van der Waals surface area (Å²) in [6.07, 6.45) is 13.4. The Morgan fingerprint density at radius 3 is 2.87 bits per heavy atom. The molecule has 1 aliphatic carbocycles. The molecule has 0 aromatic rings. The highest BCUT2D eigenvalue weighted by molar-refractivity contribution is 5.18. The van der Waals surface area contributed by atoms with Gasteiger partial charge in [-0.15, -0.1) is 0 Å². The maximum atomic E-state index is 5.81. The standard InChI is InChI=1S/C13H18O2/c1-2-4-11(5-3-1)8-12-6-7-13(9-14-12)10-15-13/h4,6-7,12H,1-3,5,8-10H2/t12-,13+/m0/s1. The van der Waals surface area contributed by atoms with E-state index in [0.29, 0.717) is 6.10 Å². The Balaban J connectivity index is 1.57. The lowest BCUT2D eigenvalue weighted by molar-refractivity contribution is 0.0424.